The van der Waals surface area contributed by atoms with Crippen molar-refractivity contribution in [2.75, 3.05) is 7.11 Å². The van der Waals surface area contributed by atoms with Crippen LogP contribution in [0.1, 0.15) is 15.9 Å². The van der Waals surface area contributed by atoms with Gasteiger partial charge in [-0.15, -0.1) is 0 Å². The van der Waals surface area contributed by atoms with E-state index in [-0.39, 0.29) is 17.8 Å². The van der Waals surface area contributed by atoms with Crippen LogP contribution in [0.4, 0.5) is 8.78 Å². The Bertz CT molecular complexity index is 594. The van der Waals surface area contributed by atoms with Gasteiger partial charge in [-0.3, -0.25) is 9.78 Å². The number of benzene rings is 1. The summed E-state index contributed by atoms with van der Waals surface area (Å²) >= 11 is 0. The summed E-state index contributed by atoms with van der Waals surface area (Å²) in [6, 6.07) is 4.54. The average molecular weight is 263 g/mol. The Balaban J connectivity index is 2.25. The Hall–Kier alpha value is -2.30. The lowest BCUT2D eigenvalue weighted by Gasteiger charge is -2.06. The van der Waals surface area contributed by atoms with Gasteiger partial charge in [0.25, 0.3) is 0 Å². The highest BCUT2D eigenvalue weighted by Crippen LogP contribution is 2.19. The summed E-state index contributed by atoms with van der Waals surface area (Å²) in [6.45, 7) is 0. The molecule has 0 aliphatic rings. The summed E-state index contributed by atoms with van der Waals surface area (Å²) in [4.78, 5) is 15.9. The number of Topliss-reactive ketones (excluding diaryl/α,β-unsaturated/α-hetero) is 1. The van der Waals surface area contributed by atoms with E-state index in [1.54, 1.807) is 0 Å². The lowest BCUT2D eigenvalue weighted by Crippen LogP contribution is -2.06. The Kier molecular flexibility index (Phi) is 3.85. The maximum atomic E-state index is 13.0. The molecule has 5 heteroatoms. The van der Waals surface area contributed by atoms with Crippen molar-refractivity contribution < 1.29 is 18.3 Å². The monoisotopic (exact) mass is 263 g/mol. The predicted octanol–water partition coefficient (Wildman–Crippen LogP) is 2.79. The molecule has 0 fully saturated rings. The van der Waals surface area contributed by atoms with Crippen LogP contribution in [-0.2, 0) is 6.42 Å². The Labute approximate surface area is 108 Å². The minimum Gasteiger partial charge on any atom is -0.494 e. The van der Waals surface area contributed by atoms with Crippen LogP contribution in [0.3, 0.4) is 0 Å². The van der Waals surface area contributed by atoms with Gasteiger partial charge in [0.15, 0.2) is 5.78 Å². The number of pyridine rings is 1. The molecule has 1 aromatic heterocycles. The number of carbonyl (C=O) groups is 1. The molecule has 0 atom stereocenters. The molecule has 0 spiro atoms. The van der Waals surface area contributed by atoms with Gasteiger partial charge >= 0.3 is 0 Å². The molecule has 0 N–H and O–H groups in total. The van der Waals surface area contributed by atoms with Crippen LogP contribution in [0.25, 0.3) is 0 Å². The van der Waals surface area contributed by atoms with E-state index in [4.69, 9.17) is 4.74 Å². The van der Waals surface area contributed by atoms with E-state index in [1.165, 1.54) is 25.6 Å². The minimum absolute atomic E-state index is 0.102. The van der Waals surface area contributed by atoms with Crippen LogP contribution in [0.5, 0.6) is 5.75 Å². The number of rotatable bonds is 4. The number of methoxy groups -OCH3 is 1. The summed E-state index contributed by atoms with van der Waals surface area (Å²) in [6.07, 6.45) is 2.77. The lowest BCUT2D eigenvalue weighted by molar-refractivity contribution is 0.0990. The molecular weight excluding hydrogens is 252 g/mol. The lowest BCUT2D eigenvalue weighted by atomic mass is 10.0. The normalized spacial score (nSPS) is 10.3. The van der Waals surface area contributed by atoms with E-state index in [1.807, 2.05) is 0 Å². The maximum Gasteiger partial charge on any atom is 0.171 e. The zero-order valence-electron chi connectivity index (χ0n) is 10.2. The molecule has 0 saturated heterocycles. The summed E-state index contributed by atoms with van der Waals surface area (Å²) in [5.41, 5.74) is 0.614. The number of hydrogen-bond acceptors (Lipinski definition) is 3. The standard InChI is InChI=1S/C14H11F2NO2/c1-19-14-8-17-3-2-12(14)13(18)6-9-4-10(15)7-11(16)5-9/h2-5,7-8H,6H2,1H3. The van der Waals surface area contributed by atoms with Gasteiger partial charge in [0.1, 0.15) is 17.4 Å². The van der Waals surface area contributed by atoms with E-state index in [9.17, 15) is 13.6 Å². The second-order valence-corrected chi connectivity index (χ2v) is 3.95. The third kappa shape index (κ3) is 3.13. The molecule has 1 heterocycles. The second kappa shape index (κ2) is 5.56. The Morgan fingerprint density at radius 1 is 1.26 bits per heavy atom. The van der Waals surface area contributed by atoms with Crippen LogP contribution in [0.2, 0.25) is 0 Å². The van der Waals surface area contributed by atoms with Gasteiger partial charge in [-0.1, -0.05) is 0 Å². The molecule has 0 bridgehead atoms. The van der Waals surface area contributed by atoms with Crippen LogP contribution in [0.15, 0.2) is 36.7 Å². The molecule has 2 rings (SSSR count). The fraction of sp³-hybridized carbons (Fsp3) is 0.143. The number of carbonyl (C=O) groups excluding carboxylic acids is 1. The van der Waals surface area contributed by atoms with Crippen LogP contribution < -0.4 is 4.74 Å². The number of halogens is 2. The summed E-state index contributed by atoms with van der Waals surface area (Å²) in [5, 5.41) is 0. The molecule has 0 amide bonds. The Morgan fingerprint density at radius 2 is 1.95 bits per heavy atom. The van der Waals surface area contributed by atoms with Crippen LogP contribution in [0, 0.1) is 11.6 Å². The molecule has 0 saturated carbocycles. The van der Waals surface area contributed by atoms with E-state index in [2.05, 4.69) is 4.98 Å². The highest BCUT2D eigenvalue weighted by Gasteiger charge is 2.13. The molecule has 1 aromatic carbocycles. The topological polar surface area (TPSA) is 39.2 Å². The summed E-state index contributed by atoms with van der Waals surface area (Å²) in [5.74, 6) is -1.36. The van der Waals surface area contributed by atoms with E-state index in [0.717, 1.165) is 18.2 Å². The molecule has 98 valence electrons. The largest absolute Gasteiger partial charge is 0.494 e. The number of aromatic nitrogens is 1. The summed E-state index contributed by atoms with van der Waals surface area (Å²) < 4.78 is 31.1. The van der Waals surface area contributed by atoms with Crippen molar-refractivity contribution in [1.82, 2.24) is 4.98 Å². The van der Waals surface area contributed by atoms with Crippen LogP contribution in [-0.4, -0.2) is 17.9 Å². The van der Waals surface area contributed by atoms with Gasteiger partial charge in [0.05, 0.1) is 18.9 Å². The first-order valence-electron chi connectivity index (χ1n) is 5.56. The van der Waals surface area contributed by atoms with Crippen molar-refractivity contribution in [3.8, 4) is 5.75 Å². The third-order valence-electron chi connectivity index (χ3n) is 2.59. The van der Waals surface area contributed by atoms with Gasteiger partial charge in [-0.2, -0.15) is 0 Å². The molecular formula is C14H11F2NO2. The van der Waals surface area contributed by atoms with E-state index < -0.39 is 11.6 Å². The van der Waals surface area contributed by atoms with Gasteiger partial charge in [-0.25, -0.2) is 8.78 Å². The average Bonchev–Trinajstić information content (AvgIpc) is 2.37. The first kappa shape index (κ1) is 13.1. The van der Waals surface area contributed by atoms with Crippen molar-refractivity contribution in [2.45, 2.75) is 6.42 Å². The fourth-order valence-corrected chi connectivity index (χ4v) is 1.77. The molecule has 3 nitrogen and oxygen atoms in total. The van der Waals surface area contributed by atoms with Crippen molar-refractivity contribution >= 4 is 5.78 Å². The number of ketones is 1. The molecule has 0 aliphatic carbocycles. The number of hydrogen-bond donors (Lipinski definition) is 0. The molecule has 0 unspecified atom stereocenters. The van der Waals surface area contributed by atoms with E-state index in [0.29, 0.717) is 11.3 Å². The predicted molar refractivity (Wildman–Crippen MR) is 65.2 cm³/mol. The zero-order chi connectivity index (χ0) is 13.8. The van der Waals surface area contributed by atoms with Gasteiger partial charge in [-0.05, 0) is 23.8 Å². The Morgan fingerprint density at radius 3 is 2.58 bits per heavy atom. The van der Waals surface area contributed by atoms with Crippen molar-refractivity contribution in [2.24, 2.45) is 0 Å². The minimum atomic E-state index is -0.704. The molecule has 0 aliphatic heterocycles. The number of nitrogens with zero attached hydrogens (tertiary/aromatic N) is 1. The highest BCUT2D eigenvalue weighted by molar-refractivity contribution is 5.99. The van der Waals surface area contributed by atoms with Crippen molar-refractivity contribution in [3.05, 3.63) is 59.4 Å². The SMILES string of the molecule is COc1cnccc1C(=O)Cc1cc(F)cc(F)c1. The molecule has 19 heavy (non-hydrogen) atoms. The van der Waals surface area contributed by atoms with Crippen molar-refractivity contribution in [3.63, 3.8) is 0 Å². The van der Waals surface area contributed by atoms with Crippen molar-refractivity contribution in [1.29, 1.82) is 0 Å². The second-order valence-electron chi connectivity index (χ2n) is 3.95. The van der Waals surface area contributed by atoms with Crippen LogP contribution >= 0.6 is 0 Å². The smallest absolute Gasteiger partial charge is 0.171 e. The fourth-order valence-electron chi connectivity index (χ4n) is 1.77. The first-order chi connectivity index (χ1) is 9.10. The molecule has 2 aromatic rings. The zero-order valence-corrected chi connectivity index (χ0v) is 10.2. The first-order valence-corrected chi connectivity index (χ1v) is 5.56. The molecule has 0 radical (unpaired) electrons. The highest BCUT2D eigenvalue weighted by atomic mass is 19.1. The summed E-state index contributed by atoms with van der Waals surface area (Å²) in [7, 11) is 1.43. The number of ether oxygens (including phenoxy) is 1. The quantitative estimate of drug-likeness (QED) is 0.796. The third-order valence-corrected chi connectivity index (χ3v) is 2.59. The maximum absolute atomic E-state index is 13.0. The van der Waals surface area contributed by atoms with Gasteiger partial charge < -0.3 is 4.74 Å². The van der Waals surface area contributed by atoms with Gasteiger partial charge in [0.2, 0.25) is 0 Å². The van der Waals surface area contributed by atoms with E-state index >= 15 is 0 Å². The van der Waals surface area contributed by atoms with Gasteiger partial charge in [0, 0.05) is 18.7 Å².